The van der Waals surface area contributed by atoms with Crippen molar-refractivity contribution in [2.45, 2.75) is 72.4 Å². The minimum Gasteiger partial charge on any atom is -0.462 e. The molecule has 1 rings (SSSR count). The largest absolute Gasteiger partial charge is 0.462 e. The van der Waals surface area contributed by atoms with Crippen LogP contribution in [0, 0.1) is 5.92 Å². The van der Waals surface area contributed by atoms with Crippen molar-refractivity contribution in [1.29, 1.82) is 0 Å². The normalized spacial score (nSPS) is 11.4. The molecule has 0 saturated carbocycles. The second kappa shape index (κ2) is 11.8. The highest BCUT2D eigenvalue weighted by atomic mass is 16.5. The van der Waals surface area contributed by atoms with E-state index in [0.29, 0.717) is 12.5 Å². The van der Waals surface area contributed by atoms with Crippen molar-refractivity contribution in [3.63, 3.8) is 0 Å². The highest BCUT2D eigenvalue weighted by Crippen LogP contribution is 2.10. The first kappa shape index (κ1) is 18.2. The maximum Gasteiger partial charge on any atom is 0.129 e. The van der Waals surface area contributed by atoms with Crippen LogP contribution in [-0.2, 0) is 17.9 Å². The molecule has 0 bridgehead atoms. The first-order valence-electron chi connectivity index (χ1n) is 8.58. The van der Waals surface area contributed by atoms with Crippen molar-refractivity contribution in [2.24, 2.45) is 5.92 Å². The van der Waals surface area contributed by atoms with E-state index < -0.39 is 0 Å². The zero-order valence-corrected chi connectivity index (χ0v) is 14.1. The van der Waals surface area contributed by atoms with Crippen molar-refractivity contribution in [2.75, 3.05) is 13.2 Å². The molecule has 0 atom stereocenters. The van der Waals surface area contributed by atoms with Gasteiger partial charge in [0.05, 0.1) is 6.54 Å². The van der Waals surface area contributed by atoms with Crippen molar-refractivity contribution >= 4 is 0 Å². The lowest BCUT2D eigenvalue weighted by Gasteiger charge is -2.05. The fourth-order valence-corrected chi connectivity index (χ4v) is 2.24. The molecule has 0 aliphatic carbocycles. The summed E-state index contributed by atoms with van der Waals surface area (Å²) in [5, 5.41) is 3.38. The molecule has 21 heavy (non-hydrogen) atoms. The van der Waals surface area contributed by atoms with Crippen LogP contribution in [0.15, 0.2) is 16.5 Å². The van der Waals surface area contributed by atoms with Gasteiger partial charge in [0.15, 0.2) is 0 Å². The van der Waals surface area contributed by atoms with Crippen molar-refractivity contribution < 1.29 is 9.15 Å². The van der Waals surface area contributed by atoms with E-state index in [4.69, 9.17) is 9.15 Å². The molecular weight excluding hydrogens is 262 g/mol. The Balaban J connectivity index is 2.01. The van der Waals surface area contributed by atoms with Gasteiger partial charge in [0.2, 0.25) is 0 Å². The summed E-state index contributed by atoms with van der Waals surface area (Å²) >= 11 is 0. The molecule has 0 spiro atoms. The van der Waals surface area contributed by atoms with Gasteiger partial charge >= 0.3 is 0 Å². The molecule has 0 fully saturated rings. The minimum absolute atomic E-state index is 0.596. The van der Waals surface area contributed by atoms with E-state index in [1.54, 1.807) is 0 Å². The molecule has 1 N–H and O–H groups in total. The van der Waals surface area contributed by atoms with Gasteiger partial charge in [-0.05, 0) is 31.0 Å². The molecule has 0 aliphatic heterocycles. The van der Waals surface area contributed by atoms with E-state index in [1.165, 1.54) is 32.1 Å². The molecule has 122 valence electrons. The summed E-state index contributed by atoms with van der Waals surface area (Å²) in [6.45, 7) is 9.92. The van der Waals surface area contributed by atoms with E-state index in [2.05, 4.69) is 26.1 Å². The quantitative estimate of drug-likeness (QED) is 0.525. The molecule has 1 aromatic rings. The molecule has 1 heterocycles. The maximum absolute atomic E-state index is 5.74. The fourth-order valence-electron chi connectivity index (χ4n) is 2.24. The van der Waals surface area contributed by atoms with Crippen LogP contribution < -0.4 is 5.32 Å². The van der Waals surface area contributed by atoms with Gasteiger partial charge in [0, 0.05) is 6.61 Å². The summed E-state index contributed by atoms with van der Waals surface area (Å²) in [6.07, 6.45) is 7.81. The Hall–Kier alpha value is -0.800. The maximum atomic E-state index is 5.74. The molecule has 0 saturated heterocycles. The number of unbranched alkanes of at least 4 members (excludes halogenated alkanes) is 5. The van der Waals surface area contributed by atoms with Gasteiger partial charge in [-0.2, -0.15) is 0 Å². The van der Waals surface area contributed by atoms with E-state index in [0.717, 1.165) is 37.6 Å². The van der Waals surface area contributed by atoms with Gasteiger partial charge in [0.25, 0.3) is 0 Å². The third kappa shape index (κ3) is 9.70. The molecule has 0 amide bonds. The lowest BCUT2D eigenvalue weighted by molar-refractivity contribution is 0.101. The lowest BCUT2D eigenvalue weighted by Crippen LogP contribution is -2.18. The third-order valence-corrected chi connectivity index (χ3v) is 3.46. The van der Waals surface area contributed by atoms with Crippen LogP contribution in [0.1, 0.15) is 70.8 Å². The number of furan rings is 1. The second-order valence-corrected chi connectivity index (χ2v) is 6.21. The van der Waals surface area contributed by atoms with E-state index >= 15 is 0 Å². The van der Waals surface area contributed by atoms with Gasteiger partial charge in [-0.25, -0.2) is 0 Å². The van der Waals surface area contributed by atoms with Gasteiger partial charge in [0.1, 0.15) is 18.1 Å². The summed E-state index contributed by atoms with van der Waals surface area (Å²) in [5.41, 5.74) is 0. The smallest absolute Gasteiger partial charge is 0.129 e. The van der Waals surface area contributed by atoms with Crippen LogP contribution in [0.5, 0.6) is 0 Å². The van der Waals surface area contributed by atoms with Crippen LogP contribution >= 0.6 is 0 Å². The van der Waals surface area contributed by atoms with E-state index in [-0.39, 0.29) is 0 Å². The summed E-state index contributed by atoms with van der Waals surface area (Å²) in [4.78, 5) is 0. The van der Waals surface area contributed by atoms with Crippen LogP contribution in [0.4, 0.5) is 0 Å². The van der Waals surface area contributed by atoms with Crippen LogP contribution in [0.25, 0.3) is 0 Å². The van der Waals surface area contributed by atoms with E-state index in [1.807, 2.05) is 12.1 Å². The molecular formula is C18H33NO2. The Morgan fingerprint density at radius 1 is 1.05 bits per heavy atom. The summed E-state index contributed by atoms with van der Waals surface area (Å²) in [6, 6.07) is 4.06. The topological polar surface area (TPSA) is 34.4 Å². The number of ether oxygens (including phenoxy) is 1. The standard InChI is InChI=1S/C18H33NO2/c1-4-5-6-7-8-9-12-20-15-18-11-10-17(21-18)14-19-13-16(2)3/h10-11,16,19H,4-9,12-15H2,1-3H3. The Labute approximate surface area is 130 Å². The molecule has 0 aliphatic rings. The zero-order chi connectivity index (χ0) is 15.3. The van der Waals surface area contributed by atoms with Gasteiger partial charge in [-0.1, -0.05) is 52.9 Å². The van der Waals surface area contributed by atoms with Crippen molar-refractivity contribution in [3.05, 3.63) is 23.7 Å². The Morgan fingerprint density at radius 2 is 1.76 bits per heavy atom. The van der Waals surface area contributed by atoms with E-state index in [9.17, 15) is 0 Å². The Bertz CT molecular complexity index is 347. The molecule has 0 aromatic carbocycles. The predicted molar refractivity (Wildman–Crippen MR) is 88.3 cm³/mol. The number of nitrogens with one attached hydrogen (secondary N) is 1. The molecule has 0 radical (unpaired) electrons. The first-order valence-corrected chi connectivity index (χ1v) is 8.58. The Morgan fingerprint density at radius 3 is 2.52 bits per heavy atom. The number of hydrogen-bond acceptors (Lipinski definition) is 3. The van der Waals surface area contributed by atoms with Gasteiger partial charge < -0.3 is 14.5 Å². The van der Waals surface area contributed by atoms with Crippen LogP contribution in [-0.4, -0.2) is 13.2 Å². The molecule has 0 unspecified atom stereocenters. The van der Waals surface area contributed by atoms with Crippen molar-refractivity contribution in [1.82, 2.24) is 5.32 Å². The monoisotopic (exact) mass is 295 g/mol. The molecule has 1 aromatic heterocycles. The highest BCUT2D eigenvalue weighted by molar-refractivity contribution is 5.06. The fraction of sp³-hybridized carbons (Fsp3) is 0.778. The predicted octanol–water partition coefficient (Wildman–Crippen LogP) is 4.90. The lowest BCUT2D eigenvalue weighted by atomic mass is 10.1. The summed E-state index contributed by atoms with van der Waals surface area (Å²) in [5.74, 6) is 2.59. The highest BCUT2D eigenvalue weighted by Gasteiger charge is 2.02. The zero-order valence-electron chi connectivity index (χ0n) is 14.1. The minimum atomic E-state index is 0.596. The van der Waals surface area contributed by atoms with Crippen molar-refractivity contribution in [3.8, 4) is 0 Å². The second-order valence-electron chi connectivity index (χ2n) is 6.21. The SMILES string of the molecule is CCCCCCCCOCc1ccc(CNCC(C)C)o1. The van der Waals surface area contributed by atoms with Gasteiger partial charge in [-0.15, -0.1) is 0 Å². The number of hydrogen-bond donors (Lipinski definition) is 1. The average molecular weight is 295 g/mol. The Kier molecular flexibility index (Phi) is 10.3. The van der Waals surface area contributed by atoms with Crippen LogP contribution in [0.2, 0.25) is 0 Å². The van der Waals surface area contributed by atoms with Gasteiger partial charge in [-0.3, -0.25) is 0 Å². The first-order chi connectivity index (χ1) is 10.2. The van der Waals surface area contributed by atoms with Crippen LogP contribution in [0.3, 0.4) is 0 Å². The average Bonchev–Trinajstić information content (AvgIpc) is 2.89. The third-order valence-electron chi connectivity index (χ3n) is 3.46. The number of rotatable bonds is 13. The summed E-state index contributed by atoms with van der Waals surface area (Å²) < 4.78 is 11.4. The molecule has 3 heteroatoms. The molecule has 3 nitrogen and oxygen atoms in total. The summed E-state index contributed by atoms with van der Waals surface area (Å²) in [7, 11) is 0.